The standard InChI is InChI=1S/C23H22N2O3/c26-22-18-13-7-8-14-20(18)25(17-11-5-2-6-12-17)23(27)21(22)19(24-28)15-16-9-3-1-4-10-16/h1-6,9-12,26,28H,7-8,13-15H2/b24-19+. The van der Waals surface area contributed by atoms with E-state index in [4.69, 9.17) is 0 Å². The van der Waals surface area contributed by atoms with Crippen LogP contribution in [0.4, 0.5) is 0 Å². The third kappa shape index (κ3) is 3.20. The van der Waals surface area contributed by atoms with Crippen LogP contribution in [0.2, 0.25) is 0 Å². The van der Waals surface area contributed by atoms with E-state index in [1.54, 1.807) is 4.57 Å². The Balaban J connectivity index is 1.94. The molecule has 0 saturated heterocycles. The van der Waals surface area contributed by atoms with Gasteiger partial charge in [0.05, 0.1) is 0 Å². The van der Waals surface area contributed by atoms with E-state index in [-0.39, 0.29) is 29.0 Å². The van der Waals surface area contributed by atoms with Crippen molar-refractivity contribution in [3.8, 4) is 11.4 Å². The lowest BCUT2D eigenvalue weighted by molar-refractivity contribution is 0.318. The highest BCUT2D eigenvalue weighted by Crippen LogP contribution is 2.32. The van der Waals surface area contributed by atoms with Gasteiger partial charge in [-0.3, -0.25) is 9.36 Å². The first kappa shape index (κ1) is 18.0. The summed E-state index contributed by atoms with van der Waals surface area (Å²) in [6.45, 7) is 0. The molecule has 5 nitrogen and oxygen atoms in total. The van der Waals surface area contributed by atoms with Crippen LogP contribution in [0.3, 0.4) is 0 Å². The van der Waals surface area contributed by atoms with Gasteiger partial charge < -0.3 is 10.3 Å². The van der Waals surface area contributed by atoms with Gasteiger partial charge in [-0.1, -0.05) is 53.7 Å². The quantitative estimate of drug-likeness (QED) is 0.414. The Labute approximate surface area is 163 Å². The molecule has 0 fully saturated rings. The van der Waals surface area contributed by atoms with Crippen molar-refractivity contribution >= 4 is 5.71 Å². The molecule has 1 aliphatic carbocycles. The number of rotatable bonds is 4. The molecule has 2 N–H and O–H groups in total. The van der Waals surface area contributed by atoms with Gasteiger partial charge in [-0.2, -0.15) is 0 Å². The van der Waals surface area contributed by atoms with Crippen LogP contribution in [-0.2, 0) is 19.3 Å². The SMILES string of the molecule is O=c1c(/C(Cc2ccccc2)=N/O)c(O)c2c(n1-c1ccccc1)CCCC2. The molecule has 142 valence electrons. The lowest BCUT2D eigenvalue weighted by Gasteiger charge is -2.24. The normalized spacial score (nSPS) is 13.9. The highest BCUT2D eigenvalue weighted by Gasteiger charge is 2.27. The van der Waals surface area contributed by atoms with E-state index < -0.39 is 0 Å². The first-order chi connectivity index (χ1) is 13.7. The molecule has 0 saturated carbocycles. The maximum Gasteiger partial charge on any atom is 0.268 e. The van der Waals surface area contributed by atoms with Crippen molar-refractivity contribution in [3.05, 3.63) is 93.4 Å². The highest BCUT2D eigenvalue weighted by atomic mass is 16.4. The van der Waals surface area contributed by atoms with Crippen LogP contribution in [0, 0.1) is 0 Å². The number of oxime groups is 1. The summed E-state index contributed by atoms with van der Waals surface area (Å²) in [7, 11) is 0. The number of aromatic hydroxyl groups is 1. The molecule has 0 bridgehead atoms. The number of fused-ring (bicyclic) bond motifs is 1. The fourth-order valence-corrected chi connectivity index (χ4v) is 3.95. The Hall–Kier alpha value is -3.34. The van der Waals surface area contributed by atoms with Crippen LogP contribution in [0.1, 0.15) is 35.2 Å². The molecular formula is C23H22N2O3. The predicted molar refractivity (Wildman–Crippen MR) is 109 cm³/mol. The van der Waals surface area contributed by atoms with Crippen LogP contribution in [0.15, 0.2) is 70.6 Å². The highest BCUT2D eigenvalue weighted by molar-refractivity contribution is 6.03. The van der Waals surface area contributed by atoms with E-state index in [2.05, 4.69) is 5.16 Å². The number of pyridine rings is 1. The molecule has 0 radical (unpaired) electrons. The molecule has 0 atom stereocenters. The minimum atomic E-state index is -0.354. The summed E-state index contributed by atoms with van der Waals surface area (Å²) in [5.41, 5.74) is 3.18. The first-order valence-corrected chi connectivity index (χ1v) is 9.51. The van der Waals surface area contributed by atoms with Crippen LogP contribution in [-0.4, -0.2) is 20.6 Å². The second-order valence-electron chi connectivity index (χ2n) is 7.04. The molecule has 2 aromatic carbocycles. The van der Waals surface area contributed by atoms with Crippen LogP contribution in [0.25, 0.3) is 5.69 Å². The van der Waals surface area contributed by atoms with E-state index in [0.717, 1.165) is 41.8 Å². The van der Waals surface area contributed by atoms with E-state index >= 15 is 0 Å². The molecule has 1 aromatic heterocycles. The number of aromatic nitrogens is 1. The second kappa shape index (κ2) is 7.72. The number of benzene rings is 2. The monoisotopic (exact) mass is 374 g/mol. The van der Waals surface area contributed by atoms with Crippen molar-refractivity contribution < 1.29 is 10.3 Å². The van der Waals surface area contributed by atoms with E-state index in [0.29, 0.717) is 6.42 Å². The zero-order chi connectivity index (χ0) is 19.5. The third-order valence-electron chi connectivity index (χ3n) is 5.29. The van der Waals surface area contributed by atoms with Crippen LogP contribution >= 0.6 is 0 Å². The van der Waals surface area contributed by atoms with E-state index in [9.17, 15) is 15.1 Å². The maximum absolute atomic E-state index is 13.5. The number of hydrogen-bond donors (Lipinski definition) is 2. The lowest BCUT2D eigenvalue weighted by Crippen LogP contribution is -2.31. The summed E-state index contributed by atoms with van der Waals surface area (Å²) >= 11 is 0. The lowest BCUT2D eigenvalue weighted by atomic mass is 9.91. The molecular weight excluding hydrogens is 352 g/mol. The molecule has 0 spiro atoms. The van der Waals surface area contributed by atoms with Crippen molar-refractivity contribution in [1.82, 2.24) is 4.57 Å². The van der Waals surface area contributed by atoms with Gasteiger partial charge in [0.15, 0.2) is 0 Å². The molecule has 0 unspecified atom stereocenters. The smallest absolute Gasteiger partial charge is 0.268 e. The fourth-order valence-electron chi connectivity index (χ4n) is 3.95. The van der Waals surface area contributed by atoms with Gasteiger partial charge in [0.25, 0.3) is 5.56 Å². The van der Waals surface area contributed by atoms with Crippen molar-refractivity contribution in [1.29, 1.82) is 0 Å². The van der Waals surface area contributed by atoms with Gasteiger partial charge in [-0.05, 0) is 43.4 Å². The summed E-state index contributed by atoms with van der Waals surface area (Å²) in [4.78, 5) is 13.5. The number of hydrogen-bond acceptors (Lipinski definition) is 4. The third-order valence-corrected chi connectivity index (χ3v) is 5.29. The molecule has 1 heterocycles. The zero-order valence-corrected chi connectivity index (χ0v) is 15.5. The van der Waals surface area contributed by atoms with Crippen molar-refractivity contribution in [2.75, 3.05) is 0 Å². The average Bonchev–Trinajstić information content (AvgIpc) is 2.74. The average molecular weight is 374 g/mol. The Kier molecular flexibility index (Phi) is 4.98. The van der Waals surface area contributed by atoms with Gasteiger partial charge in [0.1, 0.15) is 17.0 Å². The fraction of sp³-hybridized carbons (Fsp3) is 0.217. The van der Waals surface area contributed by atoms with Crippen LogP contribution < -0.4 is 5.56 Å². The minimum Gasteiger partial charge on any atom is -0.507 e. The van der Waals surface area contributed by atoms with Gasteiger partial charge in [-0.15, -0.1) is 0 Å². The molecule has 0 amide bonds. The number of nitrogens with zero attached hydrogens (tertiary/aromatic N) is 2. The van der Waals surface area contributed by atoms with Crippen molar-refractivity contribution in [3.63, 3.8) is 0 Å². The summed E-state index contributed by atoms with van der Waals surface area (Å²) in [5, 5.41) is 24.0. The molecule has 5 heteroatoms. The van der Waals surface area contributed by atoms with E-state index in [1.165, 1.54) is 0 Å². The molecule has 3 aromatic rings. The van der Waals surface area contributed by atoms with Gasteiger partial charge >= 0.3 is 0 Å². The van der Waals surface area contributed by atoms with Gasteiger partial charge in [0.2, 0.25) is 0 Å². The van der Waals surface area contributed by atoms with Gasteiger partial charge in [0, 0.05) is 23.4 Å². The second-order valence-corrected chi connectivity index (χ2v) is 7.04. The summed E-state index contributed by atoms with van der Waals surface area (Å²) in [5.74, 6) is -0.0457. The topological polar surface area (TPSA) is 74.8 Å². The molecule has 1 aliphatic rings. The van der Waals surface area contributed by atoms with Crippen molar-refractivity contribution in [2.24, 2.45) is 5.16 Å². The van der Waals surface area contributed by atoms with E-state index in [1.807, 2.05) is 60.7 Å². The Morgan fingerprint density at radius 1 is 0.964 bits per heavy atom. The summed E-state index contributed by atoms with van der Waals surface area (Å²) in [6, 6.07) is 18.9. The Bertz CT molecular complexity index is 1070. The zero-order valence-electron chi connectivity index (χ0n) is 15.5. The number of para-hydroxylation sites is 1. The predicted octanol–water partition coefficient (Wildman–Crippen LogP) is 3.84. The largest absolute Gasteiger partial charge is 0.507 e. The summed E-state index contributed by atoms with van der Waals surface area (Å²) in [6.07, 6.45) is 3.62. The van der Waals surface area contributed by atoms with Gasteiger partial charge in [-0.25, -0.2) is 0 Å². The Morgan fingerprint density at radius 3 is 2.29 bits per heavy atom. The molecule has 28 heavy (non-hydrogen) atoms. The van der Waals surface area contributed by atoms with Crippen LogP contribution in [0.5, 0.6) is 5.75 Å². The van der Waals surface area contributed by atoms with Crippen molar-refractivity contribution in [2.45, 2.75) is 32.1 Å². The maximum atomic E-state index is 13.5. The first-order valence-electron chi connectivity index (χ1n) is 9.51. The minimum absolute atomic E-state index is 0.0457. The summed E-state index contributed by atoms with van der Waals surface area (Å²) < 4.78 is 1.67. The Morgan fingerprint density at radius 2 is 1.61 bits per heavy atom. The molecule has 0 aliphatic heterocycles. The molecule has 4 rings (SSSR count).